The van der Waals surface area contributed by atoms with Crippen LogP contribution in [0, 0.1) is 0 Å². The van der Waals surface area contributed by atoms with Crippen molar-refractivity contribution in [2.45, 2.75) is 13.5 Å². The Labute approximate surface area is 83.6 Å². The van der Waals surface area contributed by atoms with E-state index in [4.69, 9.17) is 9.47 Å². The number of rotatable bonds is 5. The van der Waals surface area contributed by atoms with Crippen molar-refractivity contribution in [3.05, 3.63) is 35.9 Å². The van der Waals surface area contributed by atoms with Gasteiger partial charge in [-0.25, -0.2) is 4.79 Å². The molecule has 0 fully saturated rings. The minimum atomic E-state index is -0.323. The van der Waals surface area contributed by atoms with Gasteiger partial charge in [0.25, 0.3) is 0 Å². The molecule has 0 aliphatic rings. The van der Waals surface area contributed by atoms with Gasteiger partial charge in [0.1, 0.15) is 13.2 Å². The Hall–Kier alpha value is -1.35. The third kappa shape index (κ3) is 4.05. The highest BCUT2D eigenvalue weighted by molar-refractivity contribution is 5.70. The SMILES string of the molecule is CCOCC(=O)OCc1ccccc1. The summed E-state index contributed by atoms with van der Waals surface area (Å²) < 4.78 is 9.88. The van der Waals surface area contributed by atoms with Gasteiger partial charge in [-0.15, -0.1) is 0 Å². The Morgan fingerprint density at radius 2 is 2.00 bits per heavy atom. The first-order chi connectivity index (χ1) is 6.83. The average Bonchev–Trinajstić information content (AvgIpc) is 2.25. The summed E-state index contributed by atoms with van der Waals surface area (Å²) in [5.74, 6) is -0.323. The summed E-state index contributed by atoms with van der Waals surface area (Å²) in [6.45, 7) is 2.71. The summed E-state index contributed by atoms with van der Waals surface area (Å²) in [6.07, 6.45) is 0. The van der Waals surface area contributed by atoms with Crippen LogP contribution in [-0.2, 0) is 20.9 Å². The van der Waals surface area contributed by atoms with Crippen molar-refractivity contribution in [3.8, 4) is 0 Å². The molecule has 3 heteroatoms. The van der Waals surface area contributed by atoms with E-state index in [9.17, 15) is 4.79 Å². The maximum atomic E-state index is 11.0. The largest absolute Gasteiger partial charge is 0.459 e. The van der Waals surface area contributed by atoms with Gasteiger partial charge in [-0.1, -0.05) is 30.3 Å². The van der Waals surface area contributed by atoms with Crippen molar-refractivity contribution in [1.82, 2.24) is 0 Å². The molecule has 0 radical (unpaired) electrons. The monoisotopic (exact) mass is 194 g/mol. The molecule has 0 unspecified atom stereocenters. The van der Waals surface area contributed by atoms with Crippen LogP contribution >= 0.6 is 0 Å². The number of carbonyl (C=O) groups excluding carboxylic acids is 1. The molecule has 0 aliphatic heterocycles. The van der Waals surface area contributed by atoms with E-state index in [0.29, 0.717) is 13.2 Å². The van der Waals surface area contributed by atoms with E-state index in [1.165, 1.54) is 0 Å². The molecule has 0 amide bonds. The smallest absolute Gasteiger partial charge is 0.332 e. The second-order valence-electron chi connectivity index (χ2n) is 2.78. The fourth-order valence-electron chi connectivity index (χ4n) is 0.965. The van der Waals surface area contributed by atoms with E-state index >= 15 is 0 Å². The molecule has 3 nitrogen and oxygen atoms in total. The van der Waals surface area contributed by atoms with E-state index < -0.39 is 0 Å². The summed E-state index contributed by atoms with van der Waals surface area (Å²) in [4.78, 5) is 11.0. The van der Waals surface area contributed by atoms with Crippen LogP contribution in [0.15, 0.2) is 30.3 Å². The quantitative estimate of drug-likeness (QED) is 0.670. The highest BCUT2D eigenvalue weighted by atomic mass is 16.6. The van der Waals surface area contributed by atoms with Gasteiger partial charge in [0.05, 0.1) is 0 Å². The lowest BCUT2D eigenvalue weighted by Crippen LogP contribution is -2.12. The van der Waals surface area contributed by atoms with Gasteiger partial charge in [-0.05, 0) is 12.5 Å². The fraction of sp³-hybridized carbons (Fsp3) is 0.364. The Balaban J connectivity index is 2.24. The molecular weight excluding hydrogens is 180 g/mol. The third-order valence-corrected chi connectivity index (χ3v) is 1.67. The summed E-state index contributed by atoms with van der Waals surface area (Å²) in [5, 5.41) is 0. The van der Waals surface area contributed by atoms with Crippen LogP contribution in [0.2, 0.25) is 0 Å². The number of hydrogen-bond donors (Lipinski definition) is 0. The molecule has 14 heavy (non-hydrogen) atoms. The average molecular weight is 194 g/mol. The van der Waals surface area contributed by atoms with Gasteiger partial charge in [-0.3, -0.25) is 0 Å². The lowest BCUT2D eigenvalue weighted by molar-refractivity contribution is -0.150. The van der Waals surface area contributed by atoms with Crippen LogP contribution in [0.25, 0.3) is 0 Å². The molecule has 1 rings (SSSR count). The highest BCUT2D eigenvalue weighted by Crippen LogP contribution is 2.00. The van der Waals surface area contributed by atoms with Gasteiger partial charge < -0.3 is 9.47 Å². The number of carbonyl (C=O) groups is 1. The predicted molar refractivity (Wildman–Crippen MR) is 52.7 cm³/mol. The topological polar surface area (TPSA) is 35.5 Å². The zero-order valence-electron chi connectivity index (χ0n) is 8.23. The third-order valence-electron chi connectivity index (χ3n) is 1.67. The second kappa shape index (κ2) is 6.16. The Morgan fingerprint density at radius 1 is 1.29 bits per heavy atom. The van der Waals surface area contributed by atoms with Crippen LogP contribution in [0.5, 0.6) is 0 Å². The lowest BCUT2D eigenvalue weighted by atomic mass is 10.2. The number of hydrogen-bond acceptors (Lipinski definition) is 3. The number of benzene rings is 1. The van der Waals surface area contributed by atoms with E-state index in [-0.39, 0.29) is 12.6 Å². The van der Waals surface area contributed by atoms with E-state index in [1.807, 2.05) is 37.3 Å². The molecule has 0 aliphatic carbocycles. The van der Waals surface area contributed by atoms with Crippen molar-refractivity contribution < 1.29 is 14.3 Å². The van der Waals surface area contributed by atoms with Gasteiger partial charge in [0, 0.05) is 6.61 Å². The van der Waals surface area contributed by atoms with Gasteiger partial charge in [-0.2, -0.15) is 0 Å². The fourth-order valence-corrected chi connectivity index (χ4v) is 0.965. The molecule has 0 atom stereocenters. The molecule has 1 aromatic rings. The Bertz CT molecular complexity index is 269. The molecule has 0 bridgehead atoms. The van der Waals surface area contributed by atoms with Crippen LogP contribution < -0.4 is 0 Å². The van der Waals surface area contributed by atoms with E-state index in [0.717, 1.165) is 5.56 Å². The summed E-state index contributed by atoms with van der Waals surface area (Å²) in [6, 6.07) is 9.56. The Kier molecular flexibility index (Phi) is 4.72. The van der Waals surface area contributed by atoms with Crippen molar-refractivity contribution in [2.24, 2.45) is 0 Å². The second-order valence-corrected chi connectivity index (χ2v) is 2.78. The normalized spacial score (nSPS) is 9.79. The van der Waals surface area contributed by atoms with Gasteiger partial charge >= 0.3 is 5.97 Å². The zero-order chi connectivity index (χ0) is 10.2. The van der Waals surface area contributed by atoms with Gasteiger partial charge in [0.2, 0.25) is 0 Å². The van der Waals surface area contributed by atoms with Crippen molar-refractivity contribution >= 4 is 5.97 Å². The molecule has 0 saturated carbocycles. The van der Waals surface area contributed by atoms with E-state index in [1.54, 1.807) is 0 Å². The van der Waals surface area contributed by atoms with E-state index in [2.05, 4.69) is 0 Å². The first-order valence-electron chi connectivity index (χ1n) is 4.60. The molecule has 0 saturated heterocycles. The molecule has 1 aromatic carbocycles. The maximum absolute atomic E-state index is 11.0. The maximum Gasteiger partial charge on any atom is 0.332 e. The zero-order valence-corrected chi connectivity index (χ0v) is 8.23. The molecule has 0 N–H and O–H groups in total. The van der Waals surface area contributed by atoms with Crippen LogP contribution in [0.3, 0.4) is 0 Å². The van der Waals surface area contributed by atoms with Crippen molar-refractivity contribution in [1.29, 1.82) is 0 Å². The minimum Gasteiger partial charge on any atom is -0.459 e. The first-order valence-corrected chi connectivity index (χ1v) is 4.60. The van der Waals surface area contributed by atoms with Crippen LogP contribution in [0.1, 0.15) is 12.5 Å². The molecular formula is C11H14O3. The molecule has 0 heterocycles. The van der Waals surface area contributed by atoms with Crippen LogP contribution in [0.4, 0.5) is 0 Å². The summed E-state index contributed by atoms with van der Waals surface area (Å²) >= 11 is 0. The minimum absolute atomic E-state index is 0.0311. The number of esters is 1. The van der Waals surface area contributed by atoms with Gasteiger partial charge in [0.15, 0.2) is 0 Å². The van der Waals surface area contributed by atoms with Crippen LogP contribution in [-0.4, -0.2) is 19.2 Å². The molecule has 0 aromatic heterocycles. The standard InChI is InChI=1S/C11H14O3/c1-2-13-9-11(12)14-8-10-6-4-3-5-7-10/h3-7H,2,8-9H2,1H3. The van der Waals surface area contributed by atoms with Crippen molar-refractivity contribution in [3.63, 3.8) is 0 Å². The Morgan fingerprint density at radius 3 is 2.64 bits per heavy atom. The predicted octanol–water partition coefficient (Wildman–Crippen LogP) is 1.77. The highest BCUT2D eigenvalue weighted by Gasteiger charge is 2.01. The summed E-state index contributed by atoms with van der Waals surface area (Å²) in [5.41, 5.74) is 0.984. The van der Waals surface area contributed by atoms with Crippen molar-refractivity contribution in [2.75, 3.05) is 13.2 Å². The lowest BCUT2D eigenvalue weighted by Gasteiger charge is -2.04. The molecule has 0 spiro atoms. The number of ether oxygens (including phenoxy) is 2. The molecule has 76 valence electrons. The first kappa shape index (κ1) is 10.7. The summed E-state index contributed by atoms with van der Waals surface area (Å²) in [7, 11) is 0.